The average molecular weight is 281 g/mol. The van der Waals surface area contributed by atoms with Crippen LogP contribution in [0.3, 0.4) is 0 Å². The standard InChI is InChI=1S/C12H11NO5S/c14-11-6-7-12(15)13(11)18-19(16,17)9-8-10-4-2-1-3-5-10/h1-5,8-9H,6-7H2/b9-8+. The molecule has 6 nitrogen and oxygen atoms in total. The molecule has 1 aromatic rings. The summed E-state index contributed by atoms with van der Waals surface area (Å²) in [6.07, 6.45) is 1.26. The van der Waals surface area contributed by atoms with E-state index in [0.29, 0.717) is 10.6 Å². The topological polar surface area (TPSA) is 80.8 Å². The first-order valence-corrected chi connectivity index (χ1v) is 6.98. The molecule has 100 valence electrons. The number of rotatable bonds is 4. The highest BCUT2D eigenvalue weighted by Gasteiger charge is 2.33. The minimum atomic E-state index is -4.13. The van der Waals surface area contributed by atoms with Crippen molar-refractivity contribution < 1.29 is 22.3 Å². The van der Waals surface area contributed by atoms with Crippen molar-refractivity contribution in [2.24, 2.45) is 0 Å². The summed E-state index contributed by atoms with van der Waals surface area (Å²) in [7, 11) is -4.13. The van der Waals surface area contributed by atoms with Crippen molar-refractivity contribution in [1.29, 1.82) is 0 Å². The molecule has 1 aliphatic heterocycles. The van der Waals surface area contributed by atoms with E-state index in [1.807, 2.05) is 0 Å². The zero-order valence-electron chi connectivity index (χ0n) is 9.85. The number of carbonyl (C=O) groups is 2. The predicted octanol–water partition coefficient (Wildman–Crippen LogP) is 1.07. The SMILES string of the molecule is O=C1CCC(=O)N1OS(=O)(=O)/C=C/c1ccccc1. The van der Waals surface area contributed by atoms with Gasteiger partial charge in [0, 0.05) is 12.8 Å². The minimum Gasteiger partial charge on any atom is -0.272 e. The lowest BCUT2D eigenvalue weighted by molar-refractivity contribution is -0.163. The lowest BCUT2D eigenvalue weighted by atomic mass is 10.2. The van der Waals surface area contributed by atoms with E-state index in [-0.39, 0.29) is 12.8 Å². The Morgan fingerprint density at radius 3 is 2.21 bits per heavy atom. The Bertz CT molecular complexity index is 605. The zero-order chi connectivity index (χ0) is 13.9. The van der Waals surface area contributed by atoms with Gasteiger partial charge in [-0.2, -0.15) is 8.42 Å². The molecule has 1 aromatic carbocycles. The third kappa shape index (κ3) is 3.49. The highest BCUT2D eigenvalue weighted by molar-refractivity contribution is 7.89. The normalized spacial score (nSPS) is 16.5. The second-order valence-electron chi connectivity index (χ2n) is 3.86. The van der Waals surface area contributed by atoms with Crippen molar-refractivity contribution >= 4 is 28.0 Å². The highest BCUT2D eigenvalue weighted by atomic mass is 32.2. The molecular formula is C12H11NO5S. The first-order valence-electron chi connectivity index (χ1n) is 5.51. The lowest BCUT2D eigenvalue weighted by Gasteiger charge is -2.10. The molecule has 0 saturated carbocycles. The van der Waals surface area contributed by atoms with Crippen molar-refractivity contribution in [2.45, 2.75) is 12.8 Å². The summed E-state index contributed by atoms with van der Waals surface area (Å²) in [6.45, 7) is 0. The van der Waals surface area contributed by atoms with Crippen molar-refractivity contribution in [3.05, 3.63) is 41.3 Å². The van der Waals surface area contributed by atoms with Crippen LogP contribution in [0.5, 0.6) is 0 Å². The molecule has 1 fully saturated rings. The highest BCUT2D eigenvalue weighted by Crippen LogP contribution is 2.15. The van der Waals surface area contributed by atoms with Gasteiger partial charge in [-0.25, -0.2) is 0 Å². The molecule has 1 heterocycles. The third-order valence-electron chi connectivity index (χ3n) is 2.41. The molecule has 2 amide bonds. The molecule has 0 unspecified atom stereocenters. The molecule has 0 aliphatic carbocycles. The van der Waals surface area contributed by atoms with Gasteiger partial charge in [0.05, 0.1) is 5.41 Å². The number of imide groups is 1. The van der Waals surface area contributed by atoms with Crippen molar-refractivity contribution in [3.63, 3.8) is 0 Å². The number of nitrogens with zero attached hydrogens (tertiary/aromatic N) is 1. The fourth-order valence-corrected chi connectivity index (χ4v) is 2.24. The van der Waals surface area contributed by atoms with E-state index < -0.39 is 21.9 Å². The Morgan fingerprint density at radius 1 is 1.05 bits per heavy atom. The monoisotopic (exact) mass is 281 g/mol. The second-order valence-corrected chi connectivity index (χ2v) is 5.27. The number of amides is 2. The van der Waals surface area contributed by atoms with Gasteiger partial charge in [-0.05, 0) is 11.6 Å². The second kappa shape index (κ2) is 5.33. The van der Waals surface area contributed by atoms with Gasteiger partial charge in [0.1, 0.15) is 0 Å². The Morgan fingerprint density at radius 2 is 1.63 bits per heavy atom. The smallest absolute Gasteiger partial charge is 0.272 e. The van der Waals surface area contributed by atoms with Gasteiger partial charge < -0.3 is 0 Å². The quantitative estimate of drug-likeness (QED) is 0.771. The van der Waals surface area contributed by atoms with Crippen LogP contribution in [0.4, 0.5) is 0 Å². The Kier molecular flexibility index (Phi) is 3.77. The van der Waals surface area contributed by atoms with Crippen molar-refractivity contribution in [1.82, 2.24) is 5.06 Å². The molecule has 1 saturated heterocycles. The Balaban J connectivity index is 2.09. The third-order valence-corrected chi connectivity index (χ3v) is 3.24. The van der Waals surface area contributed by atoms with Crippen LogP contribution in [0.2, 0.25) is 0 Å². The van der Waals surface area contributed by atoms with Crippen LogP contribution < -0.4 is 0 Å². The van der Waals surface area contributed by atoms with E-state index in [1.165, 1.54) is 6.08 Å². The summed E-state index contributed by atoms with van der Waals surface area (Å²) < 4.78 is 27.7. The number of carbonyl (C=O) groups excluding carboxylic acids is 2. The first-order chi connectivity index (χ1) is 8.98. The summed E-state index contributed by atoms with van der Waals surface area (Å²) in [5.74, 6) is -1.30. The van der Waals surface area contributed by atoms with Crippen LogP contribution in [0.15, 0.2) is 35.7 Å². The summed E-state index contributed by atoms with van der Waals surface area (Å²) >= 11 is 0. The van der Waals surface area contributed by atoms with Gasteiger partial charge in [0.15, 0.2) is 0 Å². The molecule has 2 rings (SSSR count). The lowest BCUT2D eigenvalue weighted by Crippen LogP contribution is -2.31. The number of hydrogen-bond donors (Lipinski definition) is 0. The number of benzene rings is 1. The fraction of sp³-hybridized carbons (Fsp3) is 0.167. The van der Waals surface area contributed by atoms with E-state index in [4.69, 9.17) is 0 Å². The van der Waals surface area contributed by atoms with E-state index in [1.54, 1.807) is 30.3 Å². The largest absolute Gasteiger partial charge is 0.311 e. The van der Waals surface area contributed by atoms with Crippen LogP contribution in [0, 0.1) is 0 Å². The van der Waals surface area contributed by atoms with Gasteiger partial charge in [-0.15, -0.1) is 9.35 Å². The van der Waals surface area contributed by atoms with Gasteiger partial charge in [-0.3, -0.25) is 9.59 Å². The fourth-order valence-electron chi connectivity index (χ4n) is 1.49. The van der Waals surface area contributed by atoms with Gasteiger partial charge in [-0.1, -0.05) is 30.3 Å². The maximum atomic E-state index is 11.6. The van der Waals surface area contributed by atoms with Crippen molar-refractivity contribution in [3.8, 4) is 0 Å². The summed E-state index contributed by atoms with van der Waals surface area (Å²) in [6, 6.07) is 8.71. The first kappa shape index (κ1) is 13.4. The minimum absolute atomic E-state index is 0.0310. The van der Waals surface area contributed by atoms with Crippen molar-refractivity contribution in [2.75, 3.05) is 0 Å². The Labute approximate surface area is 110 Å². The van der Waals surface area contributed by atoms with Crippen LogP contribution in [-0.4, -0.2) is 25.3 Å². The van der Waals surface area contributed by atoms with E-state index >= 15 is 0 Å². The summed E-state index contributed by atoms with van der Waals surface area (Å²) in [4.78, 5) is 22.5. The average Bonchev–Trinajstić information content (AvgIpc) is 2.69. The van der Waals surface area contributed by atoms with Crippen LogP contribution in [-0.2, 0) is 24.0 Å². The Hall–Kier alpha value is -1.99. The molecular weight excluding hydrogens is 270 g/mol. The molecule has 7 heteroatoms. The van der Waals surface area contributed by atoms with Crippen LogP contribution >= 0.6 is 0 Å². The van der Waals surface area contributed by atoms with Crippen LogP contribution in [0.1, 0.15) is 18.4 Å². The number of hydroxylamine groups is 2. The summed E-state index contributed by atoms with van der Waals surface area (Å²) in [5.41, 5.74) is 0.661. The van der Waals surface area contributed by atoms with Gasteiger partial charge in [0.2, 0.25) is 0 Å². The van der Waals surface area contributed by atoms with E-state index in [9.17, 15) is 18.0 Å². The molecule has 0 atom stereocenters. The number of hydrogen-bond acceptors (Lipinski definition) is 5. The summed E-state index contributed by atoms with van der Waals surface area (Å²) in [5, 5.41) is 1.10. The molecule has 0 bridgehead atoms. The maximum absolute atomic E-state index is 11.6. The maximum Gasteiger partial charge on any atom is 0.311 e. The van der Waals surface area contributed by atoms with Crippen LogP contribution in [0.25, 0.3) is 6.08 Å². The predicted molar refractivity (Wildman–Crippen MR) is 66.6 cm³/mol. The zero-order valence-corrected chi connectivity index (χ0v) is 10.7. The molecule has 1 aliphatic rings. The van der Waals surface area contributed by atoms with E-state index in [2.05, 4.69) is 4.28 Å². The molecule has 19 heavy (non-hydrogen) atoms. The molecule has 0 N–H and O–H groups in total. The molecule has 0 spiro atoms. The van der Waals surface area contributed by atoms with Gasteiger partial charge in [0.25, 0.3) is 11.8 Å². The molecule has 0 radical (unpaired) electrons. The van der Waals surface area contributed by atoms with Gasteiger partial charge >= 0.3 is 10.1 Å². The van der Waals surface area contributed by atoms with E-state index in [0.717, 1.165) is 5.41 Å². The molecule has 0 aromatic heterocycles.